The number of nitrogens with one attached hydrogen (secondary N) is 1. The van der Waals surface area contributed by atoms with E-state index in [2.05, 4.69) is 21.2 Å². The van der Waals surface area contributed by atoms with Crippen molar-refractivity contribution in [2.45, 2.75) is 33.4 Å². The summed E-state index contributed by atoms with van der Waals surface area (Å²) in [4.78, 5) is 24.0. The summed E-state index contributed by atoms with van der Waals surface area (Å²) in [5.74, 6) is -1.57. The third-order valence-electron chi connectivity index (χ3n) is 4.84. The molecule has 0 spiro atoms. The molecule has 5 nitrogen and oxygen atoms in total. The highest BCUT2D eigenvalue weighted by molar-refractivity contribution is 9.10. The van der Waals surface area contributed by atoms with Crippen LogP contribution in [0.25, 0.3) is 11.1 Å². The lowest BCUT2D eigenvalue weighted by Crippen LogP contribution is -2.24. The van der Waals surface area contributed by atoms with Gasteiger partial charge in [0.25, 0.3) is 5.91 Å². The Morgan fingerprint density at radius 3 is 2.38 bits per heavy atom. The molecule has 0 unspecified atom stereocenters. The maximum atomic E-state index is 14.1. The van der Waals surface area contributed by atoms with Crippen LogP contribution in [0.2, 0.25) is 0 Å². The Balaban J connectivity index is 1.92. The number of carbonyl (C=O) groups excluding carboxylic acids is 1. The summed E-state index contributed by atoms with van der Waals surface area (Å²) in [7, 11) is 0. The predicted molar refractivity (Wildman–Crippen MR) is 125 cm³/mol. The van der Waals surface area contributed by atoms with Crippen LogP contribution in [0.4, 0.5) is 4.39 Å². The summed E-state index contributed by atoms with van der Waals surface area (Å²) in [6.07, 6.45) is -0.0859. The van der Waals surface area contributed by atoms with Gasteiger partial charge in [0.15, 0.2) is 0 Å². The fourth-order valence-corrected chi connectivity index (χ4v) is 3.58. The standard InChI is InChI=1S/C25H23BrFNO4/c1-14(2)32-23-9-6-16(17-5-4-15(3)21(11-17)25(30)31)10-18(23)13-28-24(29)20-8-7-19(26)12-22(20)27/h4-12,14H,13H2,1-3H3,(H,28,29)(H,30,31). The smallest absolute Gasteiger partial charge is 0.335 e. The van der Waals surface area contributed by atoms with E-state index in [1.165, 1.54) is 12.1 Å². The molecule has 0 saturated carbocycles. The van der Waals surface area contributed by atoms with Crippen LogP contribution in [0, 0.1) is 12.7 Å². The quantitative estimate of drug-likeness (QED) is 0.419. The van der Waals surface area contributed by atoms with Crippen molar-refractivity contribution in [3.8, 4) is 16.9 Å². The van der Waals surface area contributed by atoms with Crippen molar-refractivity contribution in [2.24, 2.45) is 0 Å². The highest BCUT2D eigenvalue weighted by Gasteiger charge is 2.15. The largest absolute Gasteiger partial charge is 0.491 e. The SMILES string of the molecule is Cc1ccc(-c2ccc(OC(C)C)c(CNC(=O)c3ccc(Br)cc3F)c2)cc1C(=O)O. The van der Waals surface area contributed by atoms with E-state index in [-0.39, 0.29) is 23.8 Å². The number of benzene rings is 3. The predicted octanol–water partition coefficient (Wildman–Crippen LogP) is 5.98. The van der Waals surface area contributed by atoms with E-state index in [9.17, 15) is 19.1 Å². The lowest BCUT2D eigenvalue weighted by molar-refractivity contribution is 0.0695. The van der Waals surface area contributed by atoms with Crippen LogP contribution in [-0.4, -0.2) is 23.1 Å². The van der Waals surface area contributed by atoms with Gasteiger partial charge in [-0.1, -0.05) is 34.1 Å². The Morgan fingerprint density at radius 2 is 1.72 bits per heavy atom. The van der Waals surface area contributed by atoms with E-state index < -0.39 is 17.7 Å². The van der Waals surface area contributed by atoms with Gasteiger partial charge in [0.05, 0.1) is 17.2 Å². The maximum absolute atomic E-state index is 14.1. The molecule has 0 aliphatic carbocycles. The van der Waals surface area contributed by atoms with Gasteiger partial charge in [-0.3, -0.25) is 4.79 Å². The number of aromatic carboxylic acids is 1. The third kappa shape index (κ3) is 5.53. The molecule has 166 valence electrons. The minimum Gasteiger partial charge on any atom is -0.491 e. The minimum absolute atomic E-state index is 0.0553. The summed E-state index contributed by atoms with van der Waals surface area (Å²) in [6.45, 7) is 5.65. The summed E-state index contributed by atoms with van der Waals surface area (Å²) in [6, 6.07) is 14.9. The molecule has 0 heterocycles. The second-order valence-corrected chi connectivity index (χ2v) is 8.55. The highest BCUT2D eigenvalue weighted by atomic mass is 79.9. The van der Waals surface area contributed by atoms with Gasteiger partial charge in [0, 0.05) is 16.6 Å². The number of aryl methyl sites for hydroxylation is 1. The van der Waals surface area contributed by atoms with Crippen molar-refractivity contribution in [3.63, 3.8) is 0 Å². The molecule has 0 aliphatic rings. The molecule has 3 aromatic rings. The van der Waals surface area contributed by atoms with E-state index in [4.69, 9.17) is 4.74 Å². The van der Waals surface area contributed by atoms with Crippen LogP contribution in [0.3, 0.4) is 0 Å². The molecule has 0 fully saturated rings. The molecule has 32 heavy (non-hydrogen) atoms. The molecule has 3 aromatic carbocycles. The Morgan fingerprint density at radius 1 is 1.03 bits per heavy atom. The second kappa shape index (κ2) is 9.96. The zero-order chi connectivity index (χ0) is 23.4. The number of halogens is 2. The van der Waals surface area contributed by atoms with Gasteiger partial charge in [-0.2, -0.15) is 0 Å². The average Bonchev–Trinajstić information content (AvgIpc) is 2.72. The van der Waals surface area contributed by atoms with Crippen molar-refractivity contribution < 1.29 is 23.8 Å². The zero-order valence-electron chi connectivity index (χ0n) is 17.9. The van der Waals surface area contributed by atoms with E-state index >= 15 is 0 Å². The molecular weight excluding hydrogens is 477 g/mol. The van der Waals surface area contributed by atoms with Crippen LogP contribution in [0.5, 0.6) is 5.75 Å². The van der Waals surface area contributed by atoms with E-state index in [0.29, 0.717) is 21.3 Å². The summed E-state index contributed by atoms with van der Waals surface area (Å²) in [5, 5.41) is 12.2. The van der Waals surface area contributed by atoms with Gasteiger partial charge in [0.1, 0.15) is 11.6 Å². The van der Waals surface area contributed by atoms with Crippen molar-refractivity contribution >= 4 is 27.8 Å². The van der Waals surface area contributed by atoms with Gasteiger partial charge in [0.2, 0.25) is 0 Å². The second-order valence-electron chi connectivity index (χ2n) is 7.63. The van der Waals surface area contributed by atoms with Gasteiger partial charge in [-0.05, 0) is 73.9 Å². The monoisotopic (exact) mass is 499 g/mol. The van der Waals surface area contributed by atoms with Crippen molar-refractivity contribution in [2.75, 3.05) is 0 Å². The number of carbonyl (C=O) groups is 2. The minimum atomic E-state index is -0.992. The van der Waals surface area contributed by atoms with Crippen LogP contribution in [0.1, 0.15) is 45.7 Å². The van der Waals surface area contributed by atoms with Crippen molar-refractivity contribution in [1.82, 2.24) is 5.32 Å². The molecule has 0 aliphatic heterocycles. The van der Waals surface area contributed by atoms with Gasteiger partial charge in [-0.25, -0.2) is 9.18 Å². The van der Waals surface area contributed by atoms with Crippen molar-refractivity contribution in [1.29, 1.82) is 0 Å². The summed E-state index contributed by atoms with van der Waals surface area (Å²) >= 11 is 3.18. The Labute approximate surface area is 194 Å². The molecule has 2 N–H and O–H groups in total. The van der Waals surface area contributed by atoms with E-state index in [1.54, 1.807) is 31.2 Å². The third-order valence-corrected chi connectivity index (χ3v) is 5.33. The first-order valence-corrected chi connectivity index (χ1v) is 10.8. The Bertz CT molecular complexity index is 1180. The molecule has 0 saturated heterocycles. The lowest BCUT2D eigenvalue weighted by Gasteiger charge is -2.17. The molecule has 1 amide bonds. The number of amides is 1. The van der Waals surface area contributed by atoms with Gasteiger partial charge >= 0.3 is 5.97 Å². The fourth-order valence-electron chi connectivity index (χ4n) is 3.24. The number of rotatable bonds is 7. The fraction of sp³-hybridized carbons (Fsp3) is 0.200. The molecule has 3 rings (SSSR count). The van der Waals surface area contributed by atoms with E-state index in [1.807, 2.05) is 32.0 Å². The van der Waals surface area contributed by atoms with Gasteiger partial charge in [-0.15, -0.1) is 0 Å². The first kappa shape index (κ1) is 23.5. The lowest BCUT2D eigenvalue weighted by atomic mass is 9.98. The van der Waals surface area contributed by atoms with Gasteiger partial charge < -0.3 is 15.2 Å². The topological polar surface area (TPSA) is 75.6 Å². The van der Waals surface area contributed by atoms with Crippen molar-refractivity contribution in [3.05, 3.63) is 87.1 Å². The number of carboxylic acid groups (broad SMARTS) is 1. The molecular formula is C25H23BrFNO4. The van der Waals surface area contributed by atoms with Crippen LogP contribution in [-0.2, 0) is 6.54 Å². The summed E-state index contributed by atoms with van der Waals surface area (Å²) in [5.41, 5.74) is 3.05. The Kier molecular flexibility index (Phi) is 7.30. The van der Waals surface area contributed by atoms with Crippen LogP contribution >= 0.6 is 15.9 Å². The molecule has 0 atom stereocenters. The summed E-state index contributed by atoms with van der Waals surface area (Å²) < 4.78 is 20.6. The van der Waals surface area contributed by atoms with E-state index in [0.717, 1.165) is 11.1 Å². The van der Waals surface area contributed by atoms with Crippen LogP contribution in [0.15, 0.2) is 59.1 Å². The first-order chi connectivity index (χ1) is 15.2. The molecule has 0 bridgehead atoms. The Hall–Kier alpha value is -3.19. The molecule has 0 aromatic heterocycles. The number of hydrogen-bond donors (Lipinski definition) is 2. The average molecular weight is 500 g/mol. The molecule has 0 radical (unpaired) electrons. The molecule has 7 heteroatoms. The normalized spacial score (nSPS) is 10.8. The van der Waals surface area contributed by atoms with Crippen LogP contribution < -0.4 is 10.1 Å². The highest BCUT2D eigenvalue weighted by Crippen LogP contribution is 2.29. The zero-order valence-corrected chi connectivity index (χ0v) is 19.5. The number of ether oxygens (including phenoxy) is 1. The number of hydrogen-bond acceptors (Lipinski definition) is 3. The number of carboxylic acids is 1. The maximum Gasteiger partial charge on any atom is 0.335 e. The first-order valence-electron chi connectivity index (χ1n) is 10.0.